The molecule has 0 aliphatic rings. The zero-order valence-electron chi connectivity index (χ0n) is 7.83. The molecule has 1 aromatic carbocycles. The van der Waals surface area contributed by atoms with Crippen LogP contribution in [-0.2, 0) is 4.79 Å². The van der Waals surface area contributed by atoms with Gasteiger partial charge in [-0.05, 0) is 47.2 Å². The van der Waals surface area contributed by atoms with Gasteiger partial charge in [0.05, 0.1) is 6.61 Å². The van der Waals surface area contributed by atoms with Gasteiger partial charge in [-0.2, -0.15) is 0 Å². The molecule has 0 bridgehead atoms. The summed E-state index contributed by atoms with van der Waals surface area (Å²) in [6.45, 7) is 1.25. The third-order valence-corrected chi connectivity index (χ3v) is 2.84. The van der Waals surface area contributed by atoms with E-state index in [0.717, 1.165) is 9.13 Å². The van der Waals surface area contributed by atoms with E-state index in [1.807, 2.05) is 24.3 Å². The highest BCUT2D eigenvalue weighted by Crippen LogP contribution is 2.15. The molecule has 3 heteroatoms. The quantitative estimate of drug-likeness (QED) is 0.687. The fraction of sp³-hybridized carbons (Fsp3) is 0.182. The summed E-state index contributed by atoms with van der Waals surface area (Å²) in [4.78, 5) is 11.1. The van der Waals surface area contributed by atoms with Crippen LogP contribution in [0.2, 0.25) is 0 Å². The van der Waals surface area contributed by atoms with E-state index in [4.69, 9.17) is 5.11 Å². The van der Waals surface area contributed by atoms with Gasteiger partial charge in [-0.1, -0.05) is 18.2 Å². The molecule has 0 unspecified atom stereocenters. The molecule has 0 aliphatic heterocycles. The van der Waals surface area contributed by atoms with Crippen molar-refractivity contribution in [1.29, 1.82) is 0 Å². The summed E-state index contributed by atoms with van der Waals surface area (Å²) in [7, 11) is 0. The van der Waals surface area contributed by atoms with Crippen molar-refractivity contribution in [3.05, 3.63) is 39.0 Å². The maximum atomic E-state index is 11.1. The summed E-state index contributed by atoms with van der Waals surface area (Å²) < 4.78 is 1.07. The highest BCUT2D eigenvalue weighted by Gasteiger charge is 2.03. The van der Waals surface area contributed by atoms with Crippen LogP contribution in [0.3, 0.4) is 0 Å². The lowest BCUT2D eigenvalue weighted by molar-refractivity contribution is -0.113. The molecular weight excluding hydrogens is 291 g/mol. The van der Waals surface area contributed by atoms with Crippen LogP contribution in [-0.4, -0.2) is 17.5 Å². The molecule has 1 rings (SSSR count). The Morgan fingerprint density at radius 2 is 2.14 bits per heavy atom. The number of carbonyl (C=O) groups is 1. The van der Waals surface area contributed by atoms with E-state index in [1.54, 1.807) is 6.08 Å². The van der Waals surface area contributed by atoms with Gasteiger partial charge in [0.25, 0.3) is 0 Å². The number of Topliss-reactive ketones (excluding diaryl/α,β-unsaturated/α-hetero) is 1. The van der Waals surface area contributed by atoms with Crippen molar-refractivity contribution in [3.63, 3.8) is 0 Å². The van der Waals surface area contributed by atoms with Crippen LogP contribution in [0.5, 0.6) is 0 Å². The van der Waals surface area contributed by atoms with Crippen LogP contribution in [0, 0.1) is 3.57 Å². The SMILES string of the molecule is CC(=O)/C(=C/c1ccccc1I)CO. The lowest BCUT2D eigenvalue weighted by Gasteiger charge is -2.01. The Labute approximate surface area is 96.8 Å². The van der Waals surface area contributed by atoms with E-state index in [1.165, 1.54) is 6.92 Å². The van der Waals surface area contributed by atoms with Gasteiger partial charge in [-0.3, -0.25) is 4.79 Å². The maximum Gasteiger partial charge on any atom is 0.158 e. The molecule has 14 heavy (non-hydrogen) atoms. The molecule has 1 N–H and O–H groups in total. The zero-order valence-corrected chi connectivity index (χ0v) is 9.98. The highest BCUT2D eigenvalue weighted by atomic mass is 127. The standard InChI is InChI=1S/C11H11IO2/c1-8(14)10(7-13)6-9-4-2-3-5-11(9)12/h2-6,13H,7H2,1H3/b10-6+. The van der Waals surface area contributed by atoms with Crippen LogP contribution >= 0.6 is 22.6 Å². The minimum absolute atomic E-state index is 0.0906. The molecular formula is C11H11IO2. The molecule has 0 aliphatic carbocycles. The molecule has 1 aromatic rings. The largest absolute Gasteiger partial charge is 0.392 e. The first-order valence-corrected chi connectivity index (χ1v) is 5.30. The summed E-state index contributed by atoms with van der Waals surface area (Å²) in [5.74, 6) is -0.0906. The molecule has 0 saturated carbocycles. The van der Waals surface area contributed by atoms with Gasteiger partial charge in [0.1, 0.15) is 0 Å². The molecule has 0 heterocycles. The number of hydrogen-bond acceptors (Lipinski definition) is 2. The second-order valence-electron chi connectivity index (χ2n) is 2.91. The van der Waals surface area contributed by atoms with Crippen LogP contribution in [0.1, 0.15) is 12.5 Å². The van der Waals surface area contributed by atoms with Crippen molar-refractivity contribution < 1.29 is 9.90 Å². The molecule has 0 atom stereocenters. The molecule has 0 amide bonds. The first-order valence-electron chi connectivity index (χ1n) is 4.22. The summed E-state index contributed by atoms with van der Waals surface area (Å²) in [5.41, 5.74) is 1.40. The molecule has 0 fully saturated rings. The second-order valence-corrected chi connectivity index (χ2v) is 4.07. The predicted molar refractivity (Wildman–Crippen MR) is 64.9 cm³/mol. The molecule has 2 nitrogen and oxygen atoms in total. The van der Waals surface area contributed by atoms with Crippen molar-refractivity contribution in [2.45, 2.75) is 6.92 Å². The molecule has 0 aromatic heterocycles. The molecule has 0 radical (unpaired) electrons. The van der Waals surface area contributed by atoms with Crippen LogP contribution < -0.4 is 0 Å². The topological polar surface area (TPSA) is 37.3 Å². The number of hydrogen-bond donors (Lipinski definition) is 1. The fourth-order valence-electron chi connectivity index (χ4n) is 1.04. The number of carbonyl (C=O) groups excluding carboxylic acids is 1. The lowest BCUT2D eigenvalue weighted by atomic mass is 10.1. The van der Waals surface area contributed by atoms with E-state index in [2.05, 4.69) is 22.6 Å². The molecule has 0 saturated heterocycles. The first kappa shape index (κ1) is 11.4. The number of benzene rings is 1. The van der Waals surface area contributed by atoms with E-state index < -0.39 is 0 Å². The summed E-state index contributed by atoms with van der Waals surface area (Å²) in [6.07, 6.45) is 1.73. The predicted octanol–water partition coefficient (Wildman–Crippen LogP) is 2.26. The van der Waals surface area contributed by atoms with E-state index in [-0.39, 0.29) is 12.4 Å². The van der Waals surface area contributed by atoms with E-state index in [9.17, 15) is 4.79 Å². The Balaban J connectivity index is 3.07. The second kappa shape index (κ2) is 5.26. The normalized spacial score (nSPS) is 11.5. The summed E-state index contributed by atoms with van der Waals surface area (Å²) >= 11 is 2.20. The van der Waals surface area contributed by atoms with Crippen molar-refractivity contribution in [2.24, 2.45) is 0 Å². The third-order valence-electron chi connectivity index (χ3n) is 1.86. The van der Waals surface area contributed by atoms with Gasteiger partial charge >= 0.3 is 0 Å². The Hall–Kier alpha value is -0.680. The van der Waals surface area contributed by atoms with Gasteiger partial charge in [-0.15, -0.1) is 0 Å². The smallest absolute Gasteiger partial charge is 0.158 e. The molecule has 74 valence electrons. The third kappa shape index (κ3) is 2.92. The number of ketones is 1. The Morgan fingerprint density at radius 3 is 2.64 bits per heavy atom. The minimum Gasteiger partial charge on any atom is -0.392 e. The number of aliphatic hydroxyl groups is 1. The summed E-state index contributed by atoms with van der Waals surface area (Å²) in [5, 5.41) is 8.96. The number of aliphatic hydroxyl groups excluding tert-OH is 1. The van der Waals surface area contributed by atoms with Gasteiger partial charge in [0.15, 0.2) is 5.78 Å². The van der Waals surface area contributed by atoms with E-state index >= 15 is 0 Å². The van der Waals surface area contributed by atoms with Crippen molar-refractivity contribution in [2.75, 3.05) is 6.61 Å². The Morgan fingerprint density at radius 1 is 1.50 bits per heavy atom. The van der Waals surface area contributed by atoms with Crippen LogP contribution in [0.4, 0.5) is 0 Å². The summed E-state index contributed by atoms with van der Waals surface area (Å²) in [6, 6.07) is 7.72. The van der Waals surface area contributed by atoms with Crippen molar-refractivity contribution >= 4 is 34.5 Å². The van der Waals surface area contributed by atoms with Crippen LogP contribution in [0.25, 0.3) is 6.08 Å². The average Bonchev–Trinajstić information content (AvgIpc) is 2.16. The van der Waals surface area contributed by atoms with Gasteiger partial charge in [-0.25, -0.2) is 0 Å². The van der Waals surface area contributed by atoms with Crippen molar-refractivity contribution in [1.82, 2.24) is 0 Å². The van der Waals surface area contributed by atoms with Crippen LogP contribution in [0.15, 0.2) is 29.8 Å². The zero-order chi connectivity index (χ0) is 10.6. The minimum atomic E-state index is -0.208. The van der Waals surface area contributed by atoms with E-state index in [0.29, 0.717) is 5.57 Å². The molecule has 0 spiro atoms. The first-order chi connectivity index (χ1) is 6.65. The average molecular weight is 302 g/mol. The monoisotopic (exact) mass is 302 g/mol. The highest BCUT2D eigenvalue weighted by molar-refractivity contribution is 14.1. The Bertz CT molecular complexity index is 369. The van der Waals surface area contributed by atoms with Gasteiger partial charge in [0, 0.05) is 9.14 Å². The number of rotatable bonds is 3. The van der Waals surface area contributed by atoms with Gasteiger partial charge < -0.3 is 5.11 Å². The maximum absolute atomic E-state index is 11.1. The Kier molecular flexibility index (Phi) is 4.28. The fourth-order valence-corrected chi connectivity index (χ4v) is 1.58. The lowest BCUT2D eigenvalue weighted by Crippen LogP contribution is -2.01. The number of halogens is 1. The van der Waals surface area contributed by atoms with Gasteiger partial charge in [0.2, 0.25) is 0 Å². The van der Waals surface area contributed by atoms with Crippen molar-refractivity contribution in [3.8, 4) is 0 Å².